The molecular weight excluding hydrogens is 212 g/mol. The van der Waals surface area contributed by atoms with Crippen LogP contribution >= 0.6 is 0 Å². The van der Waals surface area contributed by atoms with Crippen molar-refractivity contribution in [3.8, 4) is 0 Å². The van der Waals surface area contributed by atoms with E-state index >= 15 is 0 Å². The molecule has 0 saturated heterocycles. The number of hydrogen-bond acceptors (Lipinski definition) is 2. The van der Waals surface area contributed by atoms with Crippen LogP contribution in [0.15, 0.2) is 0 Å². The van der Waals surface area contributed by atoms with Crippen molar-refractivity contribution in [2.75, 3.05) is 13.1 Å². The van der Waals surface area contributed by atoms with Crippen molar-refractivity contribution in [3.63, 3.8) is 0 Å². The Kier molecular flexibility index (Phi) is 5.96. The minimum absolute atomic E-state index is 0.0663. The molecule has 0 aromatic heterocycles. The quantitative estimate of drug-likeness (QED) is 0.683. The second kappa shape index (κ2) is 7.00. The third-order valence-corrected chi connectivity index (χ3v) is 3.59. The fraction of sp³-hybridized carbons (Fsp3) is 0.929. The van der Waals surface area contributed by atoms with Crippen molar-refractivity contribution < 1.29 is 4.79 Å². The molecule has 0 bridgehead atoms. The van der Waals surface area contributed by atoms with Crippen molar-refractivity contribution >= 4 is 5.91 Å². The van der Waals surface area contributed by atoms with Crippen molar-refractivity contribution in [2.24, 2.45) is 17.8 Å². The Morgan fingerprint density at radius 1 is 1.24 bits per heavy atom. The molecular formula is C14H28N2O. The molecule has 1 aliphatic rings. The minimum Gasteiger partial charge on any atom is -0.355 e. The molecule has 1 amide bonds. The Labute approximate surface area is 106 Å². The van der Waals surface area contributed by atoms with Crippen LogP contribution in [0.25, 0.3) is 0 Å². The van der Waals surface area contributed by atoms with Gasteiger partial charge in [0, 0.05) is 6.54 Å². The molecule has 0 radical (unpaired) electrons. The third kappa shape index (κ3) is 6.06. The Morgan fingerprint density at radius 2 is 1.88 bits per heavy atom. The van der Waals surface area contributed by atoms with Gasteiger partial charge in [0.1, 0.15) is 0 Å². The molecule has 0 heterocycles. The standard InChI is InChI=1S/C14H28N2O/c1-10(2)7-8-15-14(17)12(4)16-9-11(3)13-5-6-13/h10-13,16H,5-9H2,1-4H3,(H,15,17). The van der Waals surface area contributed by atoms with Crippen LogP contribution < -0.4 is 10.6 Å². The highest BCUT2D eigenvalue weighted by molar-refractivity contribution is 5.81. The van der Waals surface area contributed by atoms with E-state index in [4.69, 9.17) is 0 Å². The fourth-order valence-electron chi connectivity index (χ4n) is 1.92. The van der Waals surface area contributed by atoms with E-state index in [1.165, 1.54) is 12.8 Å². The van der Waals surface area contributed by atoms with Crippen molar-refractivity contribution in [1.29, 1.82) is 0 Å². The maximum absolute atomic E-state index is 11.7. The summed E-state index contributed by atoms with van der Waals surface area (Å²) >= 11 is 0. The lowest BCUT2D eigenvalue weighted by Crippen LogP contribution is -2.44. The predicted octanol–water partition coefficient (Wildman–Crippen LogP) is 2.17. The maximum atomic E-state index is 11.7. The third-order valence-electron chi connectivity index (χ3n) is 3.59. The predicted molar refractivity (Wildman–Crippen MR) is 71.8 cm³/mol. The zero-order valence-electron chi connectivity index (χ0n) is 11.8. The Balaban J connectivity index is 2.08. The molecule has 100 valence electrons. The monoisotopic (exact) mass is 240 g/mol. The lowest BCUT2D eigenvalue weighted by Gasteiger charge is -2.17. The summed E-state index contributed by atoms with van der Waals surface area (Å²) in [5, 5.41) is 6.31. The molecule has 17 heavy (non-hydrogen) atoms. The van der Waals surface area contributed by atoms with E-state index in [2.05, 4.69) is 31.4 Å². The van der Waals surface area contributed by atoms with E-state index < -0.39 is 0 Å². The zero-order valence-corrected chi connectivity index (χ0v) is 11.8. The van der Waals surface area contributed by atoms with Crippen LogP contribution in [0.2, 0.25) is 0 Å². The Bertz CT molecular complexity index is 236. The molecule has 1 aliphatic carbocycles. The molecule has 0 aromatic rings. The average molecular weight is 240 g/mol. The molecule has 3 heteroatoms. The summed E-state index contributed by atoms with van der Waals surface area (Å²) in [5.74, 6) is 2.39. The van der Waals surface area contributed by atoms with Gasteiger partial charge in [-0.25, -0.2) is 0 Å². The minimum atomic E-state index is -0.0663. The summed E-state index contributed by atoms with van der Waals surface area (Å²) in [7, 11) is 0. The smallest absolute Gasteiger partial charge is 0.236 e. The first-order chi connectivity index (χ1) is 8.00. The molecule has 3 nitrogen and oxygen atoms in total. The van der Waals surface area contributed by atoms with E-state index in [0.717, 1.165) is 25.4 Å². The molecule has 1 saturated carbocycles. The Morgan fingerprint density at radius 3 is 2.41 bits per heavy atom. The van der Waals surface area contributed by atoms with E-state index in [1.54, 1.807) is 0 Å². The van der Waals surface area contributed by atoms with Gasteiger partial charge in [-0.1, -0.05) is 20.8 Å². The number of rotatable bonds is 8. The lowest BCUT2D eigenvalue weighted by molar-refractivity contribution is -0.122. The molecule has 0 aromatic carbocycles. The van der Waals surface area contributed by atoms with E-state index in [9.17, 15) is 4.79 Å². The first kappa shape index (κ1) is 14.5. The van der Waals surface area contributed by atoms with Crippen LogP contribution in [-0.4, -0.2) is 25.0 Å². The van der Waals surface area contributed by atoms with Crippen LogP contribution in [0.1, 0.15) is 47.0 Å². The number of carbonyl (C=O) groups is 1. The summed E-state index contributed by atoms with van der Waals surface area (Å²) in [5.41, 5.74) is 0. The molecule has 2 N–H and O–H groups in total. The maximum Gasteiger partial charge on any atom is 0.236 e. The molecule has 2 unspecified atom stereocenters. The van der Waals surface area contributed by atoms with Gasteiger partial charge < -0.3 is 10.6 Å². The van der Waals surface area contributed by atoms with Crippen LogP contribution in [0.3, 0.4) is 0 Å². The van der Waals surface area contributed by atoms with Gasteiger partial charge in [0.15, 0.2) is 0 Å². The normalized spacial score (nSPS) is 19.1. The van der Waals surface area contributed by atoms with Gasteiger partial charge in [-0.2, -0.15) is 0 Å². The summed E-state index contributed by atoms with van der Waals surface area (Å²) in [6.45, 7) is 10.3. The van der Waals surface area contributed by atoms with Gasteiger partial charge in [0.2, 0.25) is 5.91 Å². The number of carbonyl (C=O) groups excluding carboxylic acids is 1. The lowest BCUT2D eigenvalue weighted by atomic mass is 10.1. The van der Waals surface area contributed by atoms with Gasteiger partial charge in [-0.05, 0) is 50.5 Å². The zero-order chi connectivity index (χ0) is 12.8. The van der Waals surface area contributed by atoms with Crippen molar-refractivity contribution in [1.82, 2.24) is 10.6 Å². The number of hydrogen-bond donors (Lipinski definition) is 2. The van der Waals surface area contributed by atoms with Crippen LogP contribution in [0, 0.1) is 17.8 Å². The summed E-state index contributed by atoms with van der Waals surface area (Å²) < 4.78 is 0. The molecule has 1 rings (SSSR count). The average Bonchev–Trinajstić information content (AvgIpc) is 3.08. The summed E-state index contributed by atoms with van der Waals surface area (Å²) in [6.07, 6.45) is 3.80. The van der Waals surface area contributed by atoms with Crippen molar-refractivity contribution in [3.05, 3.63) is 0 Å². The van der Waals surface area contributed by atoms with E-state index in [0.29, 0.717) is 11.8 Å². The summed E-state index contributed by atoms with van der Waals surface area (Å²) in [4.78, 5) is 11.7. The molecule has 2 atom stereocenters. The van der Waals surface area contributed by atoms with E-state index in [-0.39, 0.29) is 11.9 Å². The first-order valence-electron chi connectivity index (χ1n) is 7.01. The highest BCUT2D eigenvalue weighted by Crippen LogP contribution is 2.36. The van der Waals surface area contributed by atoms with Gasteiger partial charge in [0.25, 0.3) is 0 Å². The SMILES string of the molecule is CC(C)CCNC(=O)C(C)NCC(C)C1CC1. The van der Waals surface area contributed by atoms with Gasteiger partial charge >= 0.3 is 0 Å². The first-order valence-corrected chi connectivity index (χ1v) is 7.01. The van der Waals surface area contributed by atoms with Crippen LogP contribution in [0.4, 0.5) is 0 Å². The van der Waals surface area contributed by atoms with Gasteiger partial charge in [-0.15, -0.1) is 0 Å². The fourth-order valence-corrected chi connectivity index (χ4v) is 1.92. The largest absolute Gasteiger partial charge is 0.355 e. The number of amides is 1. The second-order valence-corrected chi connectivity index (χ2v) is 5.92. The second-order valence-electron chi connectivity index (χ2n) is 5.92. The molecule has 1 fully saturated rings. The van der Waals surface area contributed by atoms with Crippen LogP contribution in [-0.2, 0) is 4.79 Å². The highest BCUT2D eigenvalue weighted by Gasteiger charge is 2.28. The van der Waals surface area contributed by atoms with E-state index in [1.807, 2.05) is 6.92 Å². The van der Waals surface area contributed by atoms with Gasteiger partial charge in [0.05, 0.1) is 6.04 Å². The summed E-state index contributed by atoms with van der Waals surface area (Å²) in [6, 6.07) is -0.0663. The molecule has 0 aliphatic heterocycles. The topological polar surface area (TPSA) is 41.1 Å². The molecule has 0 spiro atoms. The Hall–Kier alpha value is -0.570. The highest BCUT2D eigenvalue weighted by atomic mass is 16.2. The van der Waals surface area contributed by atoms with Gasteiger partial charge in [-0.3, -0.25) is 4.79 Å². The van der Waals surface area contributed by atoms with Crippen LogP contribution in [0.5, 0.6) is 0 Å². The van der Waals surface area contributed by atoms with Crippen molar-refractivity contribution in [2.45, 2.75) is 53.0 Å². The number of nitrogens with one attached hydrogen (secondary N) is 2.